The molecule has 0 aliphatic rings. The number of esters is 2. The summed E-state index contributed by atoms with van der Waals surface area (Å²) in [4.78, 5) is 26.5. The molecule has 0 N–H and O–H groups in total. The van der Waals surface area contributed by atoms with Crippen molar-refractivity contribution in [2.45, 2.75) is 18.4 Å². The number of pyridine rings is 1. The Bertz CT molecular complexity index is 648. The summed E-state index contributed by atoms with van der Waals surface area (Å²) in [6.45, 7) is 0. The molecule has 0 aliphatic carbocycles. The first-order valence-corrected chi connectivity index (χ1v) is 7.57. The maximum Gasteiger partial charge on any atom is 0.434 e. The molecule has 0 aromatic carbocycles. The van der Waals surface area contributed by atoms with E-state index in [2.05, 4.69) is 14.5 Å². The monoisotopic (exact) mass is 373 g/mol. The van der Waals surface area contributed by atoms with Gasteiger partial charge in [0.15, 0.2) is 5.69 Å². The lowest BCUT2D eigenvalue weighted by Crippen LogP contribution is -2.24. The van der Waals surface area contributed by atoms with E-state index in [-0.39, 0.29) is 5.75 Å². The van der Waals surface area contributed by atoms with Gasteiger partial charge in [-0.25, -0.2) is 23.4 Å². The van der Waals surface area contributed by atoms with Crippen molar-refractivity contribution in [1.82, 2.24) is 4.98 Å². The molecule has 134 valence electrons. The Morgan fingerprint density at radius 3 is 2.00 bits per heavy atom. The smallest absolute Gasteiger partial charge is 0.434 e. The minimum absolute atomic E-state index is 0.333. The number of carbonyl (C=O) groups excluding carboxylic acids is 2. The molecule has 0 spiro atoms. The third-order valence-electron chi connectivity index (χ3n) is 2.87. The molecule has 0 saturated carbocycles. The van der Waals surface area contributed by atoms with Crippen LogP contribution in [0.3, 0.4) is 0 Å². The van der Waals surface area contributed by atoms with Crippen LogP contribution in [0.1, 0.15) is 44.1 Å². The molecular formula is C13H12F5NO4S. The summed E-state index contributed by atoms with van der Waals surface area (Å²) in [6.07, 6.45) is -7.22. The van der Waals surface area contributed by atoms with E-state index in [9.17, 15) is 31.5 Å². The molecule has 0 unspecified atom stereocenters. The fourth-order valence-electron chi connectivity index (χ4n) is 1.96. The zero-order valence-corrected chi connectivity index (χ0v) is 13.5. The number of alkyl halides is 5. The molecular weight excluding hydrogens is 361 g/mol. The molecule has 0 saturated heterocycles. The van der Waals surface area contributed by atoms with Crippen molar-refractivity contribution in [1.29, 1.82) is 0 Å². The third-order valence-corrected chi connectivity index (χ3v) is 3.45. The van der Waals surface area contributed by atoms with Gasteiger partial charge in [0.2, 0.25) is 0 Å². The first kappa shape index (κ1) is 20.1. The topological polar surface area (TPSA) is 65.5 Å². The second-order valence-corrected chi connectivity index (χ2v) is 5.15. The van der Waals surface area contributed by atoms with Crippen LogP contribution in [0.25, 0.3) is 0 Å². The highest BCUT2D eigenvalue weighted by molar-refractivity contribution is 7.97. The molecule has 1 rings (SSSR count). The molecule has 0 amide bonds. The van der Waals surface area contributed by atoms with Crippen LogP contribution < -0.4 is 0 Å². The third kappa shape index (κ3) is 3.94. The maximum absolute atomic E-state index is 13.2. The highest BCUT2D eigenvalue weighted by Crippen LogP contribution is 2.38. The highest BCUT2D eigenvalue weighted by atomic mass is 32.2. The molecule has 0 aliphatic heterocycles. The highest BCUT2D eigenvalue weighted by Gasteiger charge is 2.42. The Morgan fingerprint density at radius 2 is 1.62 bits per heavy atom. The number of rotatable bonds is 5. The van der Waals surface area contributed by atoms with Gasteiger partial charge in [-0.15, -0.1) is 0 Å². The first-order valence-electron chi connectivity index (χ1n) is 6.17. The van der Waals surface area contributed by atoms with E-state index < -0.39 is 52.6 Å². The molecule has 11 heteroatoms. The van der Waals surface area contributed by atoms with Crippen LogP contribution in [0.2, 0.25) is 0 Å². The van der Waals surface area contributed by atoms with Crippen molar-refractivity contribution in [3.8, 4) is 0 Å². The van der Waals surface area contributed by atoms with Crippen LogP contribution >= 0.6 is 11.8 Å². The van der Waals surface area contributed by atoms with E-state index in [1.54, 1.807) is 0 Å². The van der Waals surface area contributed by atoms with Gasteiger partial charge in [0, 0.05) is 5.75 Å². The number of hydrogen-bond acceptors (Lipinski definition) is 6. The van der Waals surface area contributed by atoms with Crippen LogP contribution in [0, 0.1) is 0 Å². The lowest BCUT2D eigenvalue weighted by Gasteiger charge is -2.19. The number of hydrogen-bond donors (Lipinski definition) is 0. The molecule has 0 fully saturated rings. The average molecular weight is 373 g/mol. The molecule has 1 aromatic rings. The minimum Gasteiger partial charge on any atom is -0.465 e. The van der Waals surface area contributed by atoms with Gasteiger partial charge < -0.3 is 9.47 Å². The van der Waals surface area contributed by atoms with Gasteiger partial charge in [0.25, 0.3) is 6.43 Å². The Labute approximate surface area is 137 Å². The van der Waals surface area contributed by atoms with Crippen molar-refractivity contribution < 1.29 is 41.0 Å². The summed E-state index contributed by atoms with van der Waals surface area (Å²) in [6, 6.07) is 0. The van der Waals surface area contributed by atoms with Crippen molar-refractivity contribution >= 4 is 23.7 Å². The summed E-state index contributed by atoms with van der Waals surface area (Å²) in [7, 11) is 1.69. The second kappa shape index (κ2) is 7.77. The number of nitrogens with zero attached hydrogens (tertiary/aromatic N) is 1. The Hall–Kier alpha value is -1.91. The number of thioether (sulfide) groups is 1. The summed E-state index contributed by atoms with van der Waals surface area (Å²) in [5.74, 6) is -3.09. The predicted octanol–water partition coefficient (Wildman–Crippen LogP) is 3.47. The summed E-state index contributed by atoms with van der Waals surface area (Å²) < 4.78 is 74.5. The standard InChI is InChI=1S/C13H12F5NO4S/c1-22-11(20)6-5(4-24-3)7(12(21)23-2)9(13(16,17)18)19-8(6)10(14)15/h10H,4H2,1-3H3. The van der Waals surface area contributed by atoms with Crippen molar-refractivity contribution in [2.75, 3.05) is 20.5 Å². The fraction of sp³-hybridized carbons (Fsp3) is 0.462. The summed E-state index contributed by atoms with van der Waals surface area (Å²) >= 11 is 0.923. The first-order chi connectivity index (χ1) is 11.1. The molecule has 0 bridgehead atoms. The summed E-state index contributed by atoms with van der Waals surface area (Å²) in [5, 5.41) is 0. The molecule has 24 heavy (non-hydrogen) atoms. The Balaban J connectivity index is 4.01. The fourth-order valence-corrected chi connectivity index (χ4v) is 2.54. The maximum atomic E-state index is 13.2. The largest absolute Gasteiger partial charge is 0.465 e. The van der Waals surface area contributed by atoms with Gasteiger partial charge in [-0.1, -0.05) is 0 Å². The average Bonchev–Trinajstić information content (AvgIpc) is 2.51. The number of ether oxygens (including phenoxy) is 2. The second-order valence-electron chi connectivity index (χ2n) is 4.29. The molecule has 0 atom stereocenters. The number of halogens is 5. The van der Waals surface area contributed by atoms with Crippen LogP contribution in [0.15, 0.2) is 0 Å². The number of aromatic nitrogens is 1. The van der Waals surface area contributed by atoms with Crippen molar-refractivity contribution in [3.63, 3.8) is 0 Å². The van der Waals surface area contributed by atoms with Gasteiger partial charge in [-0.2, -0.15) is 24.9 Å². The van der Waals surface area contributed by atoms with Gasteiger partial charge in [0.1, 0.15) is 5.69 Å². The van der Waals surface area contributed by atoms with E-state index in [1.165, 1.54) is 6.26 Å². The van der Waals surface area contributed by atoms with Crippen LogP contribution in [0.4, 0.5) is 22.0 Å². The van der Waals surface area contributed by atoms with Crippen molar-refractivity contribution in [2.24, 2.45) is 0 Å². The van der Waals surface area contributed by atoms with E-state index in [0.29, 0.717) is 0 Å². The van der Waals surface area contributed by atoms with Gasteiger partial charge in [-0.05, 0) is 11.8 Å². The van der Waals surface area contributed by atoms with Crippen LogP contribution in [-0.2, 0) is 21.4 Å². The van der Waals surface area contributed by atoms with Crippen LogP contribution in [0.5, 0.6) is 0 Å². The Kier molecular flexibility index (Phi) is 6.52. The van der Waals surface area contributed by atoms with Crippen LogP contribution in [-0.4, -0.2) is 37.4 Å². The molecule has 1 aromatic heterocycles. The predicted molar refractivity (Wildman–Crippen MR) is 74.1 cm³/mol. The molecule has 0 radical (unpaired) electrons. The number of methoxy groups -OCH3 is 2. The zero-order chi connectivity index (χ0) is 18.7. The zero-order valence-electron chi connectivity index (χ0n) is 12.7. The molecule has 1 heterocycles. The van der Waals surface area contributed by atoms with E-state index >= 15 is 0 Å². The van der Waals surface area contributed by atoms with E-state index in [0.717, 1.165) is 26.0 Å². The molecule has 5 nitrogen and oxygen atoms in total. The van der Waals surface area contributed by atoms with Gasteiger partial charge in [0.05, 0.1) is 25.3 Å². The normalized spacial score (nSPS) is 11.5. The quantitative estimate of drug-likeness (QED) is 0.582. The Morgan fingerprint density at radius 1 is 1.12 bits per heavy atom. The number of carbonyl (C=O) groups is 2. The minimum atomic E-state index is -5.20. The van der Waals surface area contributed by atoms with E-state index in [4.69, 9.17) is 0 Å². The lowest BCUT2D eigenvalue weighted by atomic mass is 9.98. The summed E-state index contributed by atoms with van der Waals surface area (Å²) in [5.41, 5.74) is -5.73. The van der Waals surface area contributed by atoms with E-state index in [1.807, 2.05) is 0 Å². The lowest BCUT2D eigenvalue weighted by molar-refractivity contribution is -0.142. The van der Waals surface area contributed by atoms with Crippen molar-refractivity contribution in [3.05, 3.63) is 28.1 Å². The van der Waals surface area contributed by atoms with Gasteiger partial charge in [-0.3, -0.25) is 0 Å². The van der Waals surface area contributed by atoms with Gasteiger partial charge >= 0.3 is 18.1 Å². The SMILES string of the molecule is COC(=O)c1c(C(F)F)nc(C(F)(F)F)c(C(=O)OC)c1CSC.